The van der Waals surface area contributed by atoms with E-state index in [1.165, 1.54) is 34.8 Å². The predicted molar refractivity (Wildman–Crippen MR) is 141 cm³/mol. The third-order valence-corrected chi connectivity index (χ3v) is 8.69. The number of thiazole rings is 1. The summed E-state index contributed by atoms with van der Waals surface area (Å²) < 4.78 is 7.12. The molecule has 0 unspecified atom stereocenters. The Kier molecular flexibility index (Phi) is 6.99. The zero-order valence-corrected chi connectivity index (χ0v) is 21.4. The van der Waals surface area contributed by atoms with Crippen LogP contribution < -0.4 is 4.90 Å². The van der Waals surface area contributed by atoms with Gasteiger partial charge in [-0.1, -0.05) is 29.0 Å². The van der Waals surface area contributed by atoms with Gasteiger partial charge in [-0.05, 0) is 37.1 Å². The maximum absolute atomic E-state index is 13.8. The first-order chi connectivity index (χ1) is 16.9. The van der Waals surface area contributed by atoms with E-state index >= 15 is 0 Å². The molecule has 1 aliphatic heterocycles. The highest BCUT2D eigenvalue weighted by Gasteiger charge is 2.25. The lowest BCUT2D eigenvalue weighted by Crippen LogP contribution is -2.39. The summed E-state index contributed by atoms with van der Waals surface area (Å²) in [5.74, 6) is -0.163. The number of carbonyl (C=O) groups excluding carboxylic acids is 1. The Morgan fingerprint density at radius 3 is 2.77 bits per heavy atom. The summed E-state index contributed by atoms with van der Waals surface area (Å²) in [6.45, 7) is 6.57. The fourth-order valence-electron chi connectivity index (χ4n) is 4.15. The molecule has 1 aliphatic rings. The number of non-ortho nitro benzene ring substituents is 1. The normalized spacial score (nSPS) is 14.6. The molecular weight excluding hydrogens is 508 g/mol. The first kappa shape index (κ1) is 24.1. The number of ether oxygens (including phenoxy) is 1. The van der Waals surface area contributed by atoms with Gasteiger partial charge in [-0.15, -0.1) is 11.3 Å². The Morgan fingerprint density at radius 2 is 2.03 bits per heavy atom. The largest absolute Gasteiger partial charge is 0.379 e. The van der Waals surface area contributed by atoms with Gasteiger partial charge in [-0.3, -0.25) is 24.7 Å². The first-order valence-electron chi connectivity index (χ1n) is 11.3. The number of fused-ring (bicyclic) bond motifs is 2. The van der Waals surface area contributed by atoms with E-state index in [4.69, 9.17) is 21.3 Å². The lowest BCUT2D eigenvalue weighted by Gasteiger charge is -2.27. The molecule has 5 rings (SSSR count). The molecule has 0 spiro atoms. The number of benzene rings is 2. The Labute approximate surface area is 214 Å². The third kappa shape index (κ3) is 5.03. The maximum atomic E-state index is 13.8. The molecule has 0 aliphatic carbocycles. The van der Waals surface area contributed by atoms with Gasteiger partial charge in [0.05, 0.1) is 38.3 Å². The average Bonchev–Trinajstić information content (AvgIpc) is 3.49. The SMILES string of the molecule is Cc1ccc(Cl)c2sc(N(CCCN3CCOCC3)C(=O)c3cc4cc([N+](=O)[O-])ccc4s3)nc12. The maximum Gasteiger partial charge on any atom is 0.270 e. The molecule has 182 valence electrons. The van der Waals surface area contributed by atoms with E-state index in [0.717, 1.165) is 59.7 Å². The second-order valence-electron chi connectivity index (χ2n) is 8.39. The minimum absolute atomic E-state index is 0.00737. The number of nitro groups is 1. The van der Waals surface area contributed by atoms with Gasteiger partial charge in [-0.2, -0.15) is 0 Å². The van der Waals surface area contributed by atoms with Crippen LogP contribution in [-0.2, 0) is 4.74 Å². The van der Waals surface area contributed by atoms with Gasteiger partial charge in [0.15, 0.2) is 5.13 Å². The summed E-state index contributed by atoms with van der Waals surface area (Å²) in [4.78, 5) is 33.9. The van der Waals surface area contributed by atoms with Crippen LogP contribution >= 0.6 is 34.3 Å². The number of anilines is 1. The van der Waals surface area contributed by atoms with E-state index in [-0.39, 0.29) is 11.6 Å². The fraction of sp³-hybridized carbons (Fsp3) is 0.333. The van der Waals surface area contributed by atoms with Crippen molar-refractivity contribution in [2.24, 2.45) is 0 Å². The highest BCUT2D eigenvalue weighted by atomic mass is 35.5. The number of morpholine rings is 1. The van der Waals surface area contributed by atoms with Gasteiger partial charge < -0.3 is 4.74 Å². The number of aromatic nitrogens is 1. The van der Waals surface area contributed by atoms with Crippen LogP contribution in [0.15, 0.2) is 36.4 Å². The van der Waals surface area contributed by atoms with E-state index in [0.29, 0.717) is 27.0 Å². The zero-order chi connectivity index (χ0) is 24.5. The number of amides is 1. The van der Waals surface area contributed by atoms with Crippen LogP contribution in [0, 0.1) is 17.0 Å². The quantitative estimate of drug-likeness (QED) is 0.223. The number of aryl methyl sites for hydroxylation is 1. The smallest absolute Gasteiger partial charge is 0.270 e. The molecule has 0 saturated carbocycles. The molecule has 0 N–H and O–H groups in total. The first-order valence-corrected chi connectivity index (χ1v) is 13.3. The number of thiophene rings is 1. The van der Waals surface area contributed by atoms with Crippen molar-refractivity contribution in [3.63, 3.8) is 0 Å². The van der Waals surface area contributed by atoms with Gasteiger partial charge in [-0.25, -0.2) is 4.98 Å². The molecule has 11 heteroatoms. The molecule has 4 aromatic rings. The summed E-state index contributed by atoms with van der Waals surface area (Å²) in [5, 5.41) is 13.1. The van der Waals surface area contributed by atoms with E-state index in [2.05, 4.69) is 4.90 Å². The Bertz CT molecular complexity index is 1370. The van der Waals surface area contributed by atoms with E-state index in [1.807, 2.05) is 19.1 Å². The summed E-state index contributed by atoms with van der Waals surface area (Å²) in [6, 6.07) is 10.2. The second-order valence-corrected chi connectivity index (χ2v) is 10.9. The summed E-state index contributed by atoms with van der Waals surface area (Å²) >= 11 is 9.18. The summed E-state index contributed by atoms with van der Waals surface area (Å²) in [6.07, 6.45) is 0.782. The van der Waals surface area contributed by atoms with Crippen molar-refractivity contribution < 1.29 is 14.5 Å². The topological polar surface area (TPSA) is 88.8 Å². The third-order valence-electron chi connectivity index (χ3n) is 6.04. The van der Waals surface area contributed by atoms with Gasteiger partial charge >= 0.3 is 0 Å². The van der Waals surface area contributed by atoms with Crippen molar-refractivity contribution in [1.82, 2.24) is 9.88 Å². The molecule has 0 radical (unpaired) electrons. The number of halogens is 1. The van der Waals surface area contributed by atoms with Crippen molar-refractivity contribution in [1.29, 1.82) is 0 Å². The van der Waals surface area contributed by atoms with Gasteiger partial charge in [0.25, 0.3) is 11.6 Å². The lowest BCUT2D eigenvalue weighted by molar-refractivity contribution is -0.384. The molecule has 1 fully saturated rings. The molecule has 0 atom stereocenters. The summed E-state index contributed by atoms with van der Waals surface area (Å²) in [7, 11) is 0. The monoisotopic (exact) mass is 530 g/mol. The number of hydrogen-bond donors (Lipinski definition) is 0. The van der Waals surface area contributed by atoms with Crippen LogP contribution in [0.4, 0.5) is 10.8 Å². The number of nitro benzene ring substituents is 1. The van der Waals surface area contributed by atoms with Crippen molar-refractivity contribution >= 4 is 71.3 Å². The van der Waals surface area contributed by atoms with Gasteiger partial charge in [0.1, 0.15) is 0 Å². The van der Waals surface area contributed by atoms with Gasteiger partial charge in [0, 0.05) is 48.4 Å². The standard InChI is InChI=1S/C24H23ClN4O4S2/c1-15-3-5-18(25)22-21(15)26-24(35-22)28(8-2-7-27-9-11-33-12-10-27)23(30)20-14-16-13-17(29(31)32)4-6-19(16)34-20/h3-6,13-14H,2,7-12H2,1H3. The van der Waals surface area contributed by atoms with E-state index < -0.39 is 4.92 Å². The molecule has 3 heterocycles. The van der Waals surface area contributed by atoms with Crippen molar-refractivity contribution in [3.05, 3.63) is 62.0 Å². The average molecular weight is 531 g/mol. The van der Waals surface area contributed by atoms with Crippen LogP contribution in [0.1, 0.15) is 21.7 Å². The predicted octanol–water partition coefficient (Wildman–Crippen LogP) is 5.75. The van der Waals surface area contributed by atoms with Crippen LogP contribution in [0.2, 0.25) is 5.02 Å². The molecule has 1 amide bonds. The summed E-state index contributed by atoms with van der Waals surface area (Å²) in [5.41, 5.74) is 1.81. The second kappa shape index (κ2) is 10.2. The Balaban J connectivity index is 1.47. The molecule has 2 aromatic carbocycles. The minimum atomic E-state index is -0.427. The molecular formula is C24H23ClN4O4S2. The highest BCUT2D eigenvalue weighted by Crippen LogP contribution is 2.37. The molecule has 8 nitrogen and oxygen atoms in total. The number of hydrogen-bond acceptors (Lipinski definition) is 8. The molecule has 2 aromatic heterocycles. The van der Waals surface area contributed by atoms with Gasteiger partial charge in [0.2, 0.25) is 0 Å². The van der Waals surface area contributed by atoms with Crippen molar-refractivity contribution in [2.45, 2.75) is 13.3 Å². The molecule has 0 bridgehead atoms. The number of carbonyl (C=O) groups is 1. The van der Waals surface area contributed by atoms with Crippen LogP contribution in [0.3, 0.4) is 0 Å². The molecule has 1 saturated heterocycles. The lowest BCUT2D eigenvalue weighted by atomic mass is 10.2. The van der Waals surface area contributed by atoms with E-state index in [1.54, 1.807) is 17.0 Å². The molecule has 35 heavy (non-hydrogen) atoms. The van der Waals surface area contributed by atoms with Crippen molar-refractivity contribution in [3.8, 4) is 0 Å². The van der Waals surface area contributed by atoms with Crippen LogP contribution in [0.5, 0.6) is 0 Å². The fourth-order valence-corrected chi connectivity index (χ4v) is 6.48. The zero-order valence-electron chi connectivity index (χ0n) is 19.0. The Morgan fingerprint density at radius 1 is 1.23 bits per heavy atom. The minimum Gasteiger partial charge on any atom is -0.379 e. The Hall–Kier alpha value is -2.63. The van der Waals surface area contributed by atoms with Crippen LogP contribution in [0.25, 0.3) is 20.3 Å². The van der Waals surface area contributed by atoms with E-state index in [9.17, 15) is 14.9 Å². The number of nitrogens with zero attached hydrogens (tertiary/aromatic N) is 4. The number of rotatable bonds is 7. The van der Waals surface area contributed by atoms with Crippen LogP contribution in [-0.4, -0.2) is 60.1 Å². The van der Waals surface area contributed by atoms with Crippen molar-refractivity contribution in [2.75, 3.05) is 44.3 Å². The highest BCUT2D eigenvalue weighted by molar-refractivity contribution is 7.23.